The van der Waals surface area contributed by atoms with Crippen molar-refractivity contribution in [2.75, 3.05) is 0 Å². The Balaban J connectivity index is 2.02. The largest absolute Gasteiger partial charge is 0.323 e. The Morgan fingerprint density at radius 2 is 2.04 bits per heavy atom. The predicted molar refractivity (Wildman–Crippen MR) is 87.3 cm³/mol. The average molecular weight is 310 g/mol. The van der Waals surface area contributed by atoms with Crippen LogP contribution in [0.25, 0.3) is 5.69 Å². The smallest absolute Gasteiger partial charge is 0.309 e. The van der Waals surface area contributed by atoms with Crippen LogP contribution in [-0.2, 0) is 6.42 Å². The highest BCUT2D eigenvalue weighted by molar-refractivity contribution is 6.08. The van der Waals surface area contributed by atoms with Crippen LogP contribution in [0.4, 0.5) is 0 Å². The van der Waals surface area contributed by atoms with Gasteiger partial charge in [0.1, 0.15) is 11.5 Å². The molecule has 23 heavy (non-hydrogen) atoms. The Bertz CT molecular complexity index is 930. The molecule has 0 aliphatic rings. The van der Waals surface area contributed by atoms with Crippen molar-refractivity contribution in [1.82, 2.24) is 19.5 Å². The van der Waals surface area contributed by atoms with Crippen LogP contribution in [0.2, 0.25) is 0 Å². The third kappa shape index (κ3) is 2.63. The molecule has 0 spiro atoms. The van der Waals surface area contributed by atoms with Crippen molar-refractivity contribution in [1.29, 1.82) is 0 Å². The first-order valence-corrected chi connectivity index (χ1v) is 7.48. The van der Waals surface area contributed by atoms with Crippen molar-refractivity contribution in [3.63, 3.8) is 0 Å². The van der Waals surface area contributed by atoms with Crippen molar-refractivity contribution in [2.45, 2.75) is 27.2 Å². The zero-order chi connectivity index (χ0) is 16.6. The van der Waals surface area contributed by atoms with Gasteiger partial charge >= 0.3 is 5.69 Å². The Kier molecular flexibility index (Phi) is 3.73. The highest BCUT2D eigenvalue weighted by Crippen LogP contribution is 2.19. The molecule has 0 aliphatic carbocycles. The van der Waals surface area contributed by atoms with Crippen LogP contribution in [-0.4, -0.2) is 25.3 Å². The lowest BCUT2D eigenvalue weighted by atomic mass is 10.0. The standard InChI is InChI=1S/C17H18N4O2/c1-4-13-15(20-17(23)19-13)16(22)12-5-6-14(10(2)9-12)21-8-7-18-11(21)3/h5-9H,4H2,1-3H3,(H2,19,20,23). The van der Waals surface area contributed by atoms with E-state index in [0.29, 0.717) is 23.4 Å². The van der Waals surface area contributed by atoms with E-state index >= 15 is 0 Å². The van der Waals surface area contributed by atoms with E-state index < -0.39 is 0 Å². The van der Waals surface area contributed by atoms with E-state index in [0.717, 1.165) is 17.1 Å². The molecular weight excluding hydrogens is 292 g/mol. The molecule has 3 aromatic rings. The van der Waals surface area contributed by atoms with Crippen molar-refractivity contribution < 1.29 is 4.79 Å². The highest BCUT2D eigenvalue weighted by Gasteiger charge is 2.17. The minimum absolute atomic E-state index is 0.183. The summed E-state index contributed by atoms with van der Waals surface area (Å²) in [6.07, 6.45) is 4.22. The molecule has 0 fully saturated rings. The Hall–Kier alpha value is -2.89. The van der Waals surface area contributed by atoms with E-state index in [1.54, 1.807) is 12.3 Å². The molecule has 0 saturated heterocycles. The number of nitrogens with zero attached hydrogens (tertiary/aromatic N) is 2. The first-order chi connectivity index (χ1) is 11.0. The van der Waals surface area contributed by atoms with Gasteiger partial charge in [-0.1, -0.05) is 6.92 Å². The lowest BCUT2D eigenvalue weighted by Gasteiger charge is -2.10. The number of carbonyl (C=O) groups is 1. The Morgan fingerprint density at radius 3 is 2.65 bits per heavy atom. The molecule has 0 amide bonds. The first-order valence-electron chi connectivity index (χ1n) is 7.48. The zero-order valence-electron chi connectivity index (χ0n) is 13.3. The fraction of sp³-hybridized carbons (Fsp3) is 0.235. The molecule has 0 bridgehead atoms. The summed E-state index contributed by atoms with van der Waals surface area (Å²) in [6.45, 7) is 5.77. The Morgan fingerprint density at radius 1 is 1.26 bits per heavy atom. The maximum Gasteiger partial charge on any atom is 0.323 e. The number of H-pyrrole nitrogens is 2. The van der Waals surface area contributed by atoms with Crippen LogP contribution < -0.4 is 5.69 Å². The SMILES string of the molecule is CCc1[nH]c(=O)[nH]c1C(=O)c1ccc(-n2ccnc2C)c(C)c1. The number of carbonyl (C=O) groups excluding carboxylic acids is 1. The molecular formula is C17H18N4O2. The van der Waals surface area contributed by atoms with Crippen LogP contribution in [0, 0.1) is 13.8 Å². The number of hydrogen-bond donors (Lipinski definition) is 2. The molecule has 6 heteroatoms. The number of aryl methyl sites for hydroxylation is 3. The fourth-order valence-corrected chi connectivity index (χ4v) is 2.72. The van der Waals surface area contributed by atoms with Gasteiger partial charge in [0.05, 0.1) is 0 Å². The topological polar surface area (TPSA) is 83.5 Å². The number of aromatic amines is 2. The number of ketones is 1. The maximum absolute atomic E-state index is 12.6. The number of aromatic nitrogens is 4. The number of rotatable bonds is 4. The van der Waals surface area contributed by atoms with Gasteiger partial charge in [0.2, 0.25) is 5.78 Å². The molecule has 2 aromatic heterocycles. The molecule has 1 aromatic carbocycles. The van der Waals surface area contributed by atoms with Crippen LogP contribution in [0.15, 0.2) is 35.4 Å². The third-order valence-electron chi connectivity index (χ3n) is 3.93. The summed E-state index contributed by atoms with van der Waals surface area (Å²) in [6, 6.07) is 5.50. The molecule has 0 radical (unpaired) electrons. The van der Waals surface area contributed by atoms with Crippen molar-refractivity contribution in [2.24, 2.45) is 0 Å². The lowest BCUT2D eigenvalue weighted by Crippen LogP contribution is -2.08. The second-order valence-corrected chi connectivity index (χ2v) is 5.46. The minimum atomic E-state index is -0.354. The quantitative estimate of drug-likeness (QED) is 0.725. The van der Waals surface area contributed by atoms with Gasteiger partial charge in [0.25, 0.3) is 0 Å². The summed E-state index contributed by atoms with van der Waals surface area (Å²) < 4.78 is 1.97. The summed E-state index contributed by atoms with van der Waals surface area (Å²) in [5.41, 5.74) is 3.11. The number of benzene rings is 1. The molecule has 0 unspecified atom stereocenters. The number of imidazole rings is 2. The third-order valence-corrected chi connectivity index (χ3v) is 3.93. The van der Waals surface area contributed by atoms with Crippen molar-refractivity contribution in [3.05, 3.63) is 69.4 Å². The van der Waals surface area contributed by atoms with Gasteiger partial charge in [-0.05, 0) is 44.0 Å². The second kappa shape index (κ2) is 5.72. The molecule has 0 aliphatic heterocycles. The summed E-state index contributed by atoms with van der Waals surface area (Å²) >= 11 is 0. The molecule has 0 saturated carbocycles. The summed E-state index contributed by atoms with van der Waals surface area (Å²) in [5.74, 6) is 0.701. The minimum Gasteiger partial charge on any atom is -0.309 e. The van der Waals surface area contributed by atoms with E-state index in [4.69, 9.17) is 0 Å². The van der Waals surface area contributed by atoms with Gasteiger partial charge in [-0.3, -0.25) is 4.79 Å². The van der Waals surface area contributed by atoms with Crippen LogP contribution in [0.5, 0.6) is 0 Å². The highest BCUT2D eigenvalue weighted by atomic mass is 16.1. The summed E-state index contributed by atoms with van der Waals surface area (Å²) in [4.78, 5) is 33.6. The second-order valence-electron chi connectivity index (χ2n) is 5.46. The maximum atomic E-state index is 12.6. The monoisotopic (exact) mass is 310 g/mol. The van der Waals surface area contributed by atoms with Crippen molar-refractivity contribution in [3.8, 4) is 5.69 Å². The van der Waals surface area contributed by atoms with Crippen LogP contribution in [0.3, 0.4) is 0 Å². The number of hydrogen-bond acceptors (Lipinski definition) is 3. The molecule has 118 valence electrons. The van der Waals surface area contributed by atoms with E-state index in [-0.39, 0.29) is 11.5 Å². The van der Waals surface area contributed by atoms with Gasteiger partial charge in [-0.15, -0.1) is 0 Å². The van der Waals surface area contributed by atoms with Crippen molar-refractivity contribution >= 4 is 5.78 Å². The van der Waals surface area contributed by atoms with E-state index in [1.165, 1.54) is 0 Å². The van der Waals surface area contributed by atoms with E-state index in [2.05, 4.69) is 15.0 Å². The predicted octanol–water partition coefficient (Wildman–Crippen LogP) is 2.30. The van der Waals surface area contributed by atoms with Gasteiger partial charge in [0, 0.05) is 29.3 Å². The molecule has 0 atom stereocenters. The van der Waals surface area contributed by atoms with Gasteiger partial charge < -0.3 is 14.5 Å². The molecule has 2 N–H and O–H groups in total. The summed E-state index contributed by atoms with van der Waals surface area (Å²) in [5, 5.41) is 0. The van der Waals surface area contributed by atoms with Crippen LogP contribution in [0.1, 0.15) is 40.1 Å². The molecule has 6 nitrogen and oxygen atoms in total. The van der Waals surface area contributed by atoms with E-state index in [1.807, 2.05) is 43.7 Å². The van der Waals surface area contributed by atoms with Gasteiger partial charge in [-0.25, -0.2) is 9.78 Å². The molecule has 3 rings (SSSR count). The van der Waals surface area contributed by atoms with Gasteiger partial charge in [0.15, 0.2) is 0 Å². The first kappa shape index (κ1) is 15.0. The molecule has 2 heterocycles. The Labute approximate surface area is 133 Å². The number of nitrogens with one attached hydrogen (secondary N) is 2. The van der Waals surface area contributed by atoms with E-state index in [9.17, 15) is 9.59 Å². The summed E-state index contributed by atoms with van der Waals surface area (Å²) in [7, 11) is 0. The van der Waals surface area contributed by atoms with Gasteiger partial charge in [-0.2, -0.15) is 0 Å². The normalized spacial score (nSPS) is 10.9. The zero-order valence-corrected chi connectivity index (χ0v) is 13.3. The van der Waals surface area contributed by atoms with Crippen LogP contribution >= 0.6 is 0 Å². The average Bonchev–Trinajstić information content (AvgIpc) is 3.12. The fourth-order valence-electron chi connectivity index (χ4n) is 2.72. The lowest BCUT2D eigenvalue weighted by molar-refractivity contribution is 0.103.